The topological polar surface area (TPSA) is 92.7 Å². The predicted molar refractivity (Wildman–Crippen MR) is 112 cm³/mol. The molecule has 2 N–H and O–H groups in total. The summed E-state index contributed by atoms with van der Waals surface area (Å²) in [7, 11) is 1.30. The van der Waals surface area contributed by atoms with Crippen LogP contribution >= 0.6 is 11.3 Å². The Balaban J connectivity index is 1.98. The summed E-state index contributed by atoms with van der Waals surface area (Å²) in [4.78, 5) is 36.9. The fraction of sp³-hybridized carbons (Fsp3) is 0.318. The van der Waals surface area contributed by atoms with Gasteiger partial charge in [-0.3, -0.25) is 9.59 Å². The maximum atomic E-state index is 12.9. The molecular formula is C22H23NO5S. The van der Waals surface area contributed by atoms with E-state index in [1.54, 1.807) is 6.08 Å². The molecule has 1 aliphatic rings. The lowest BCUT2D eigenvalue weighted by Crippen LogP contribution is -2.34. The van der Waals surface area contributed by atoms with Crippen molar-refractivity contribution in [3.8, 4) is 11.1 Å². The molecule has 2 atom stereocenters. The lowest BCUT2D eigenvalue weighted by Gasteiger charge is -2.24. The van der Waals surface area contributed by atoms with Crippen LogP contribution in [0.2, 0.25) is 0 Å². The van der Waals surface area contributed by atoms with E-state index in [9.17, 15) is 19.5 Å². The van der Waals surface area contributed by atoms with E-state index >= 15 is 0 Å². The van der Waals surface area contributed by atoms with Crippen LogP contribution in [0.1, 0.15) is 34.3 Å². The molecule has 1 aromatic carbocycles. The summed E-state index contributed by atoms with van der Waals surface area (Å²) in [6, 6.07) is 5.96. The number of benzene rings is 1. The van der Waals surface area contributed by atoms with Crippen LogP contribution in [0.3, 0.4) is 0 Å². The second kappa shape index (κ2) is 8.61. The number of ether oxygens (including phenoxy) is 1. The predicted octanol–water partition coefficient (Wildman–Crippen LogP) is 4.42. The highest BCUT2D eigenvalue weighted by Crippen LogP contribution is 2.38. The molecule has 0 radical (unpaired) electrons. The number of allylic oxidation sites excluding steroid dienone is 2. The number of methoxy groups -OCH3 is 1. The first-order valence-electron chi connectivity index (χ1n) is 9.29. The SMILES string of the molecule is COC(=O)c1c(-c2cc(C)ccc2C)csc1NC(=O)[C@H]1CC=CC[C@H]1C(=O)O. The third-order valence-corrected chi connectivity index (χ3v) is 6.08. The molecule has 1 aliphatic carbocycles. The number of carbonyl (C=O) groups excluding carboxylic acids is 2. The first-order valence-corrected chi connectivity index (χ1v) is 10.2. The van der Waals surface area contributed by atoms with Gasteiger partial charge in [0.15, 0.2) is 0 Å². The average Bonchev–Trinajstić information content (AvgIpc) is 3.12. The molecule has 0 bridgehead atoms. The van der Waals surface area contributed by atoms with Gasteiger partial charge in [0, 0.05) is 10.9 Å². The highest BCUT2D eigenvalue weighted by atomic mass is 32.1. The van der Waals surface area contributed by atoms with E-state index in [1.807, 2.05) is 43.5 Å². The van der Waals surface area contributed by atoms with Crippen molar-refractivity contribution in [1.82, 2.24) is 0 Å². The molecule has 3 rings (SSSR count). The number of carboxylic acid groups (broad SMARTS) is 1. The minimum absolute atomic E-state index is 0.290. The number of hydrogen-bond acceptors (Lipinski definition) is 5. The van der Waals surface area contributed by atoms with Crippen LogP contribution in [0, 0.1) is 25.7 Å². The summed E-state index contributed by atoms with van der Waals surface area (Å²) in [5, 5.41) is 14.4. The fourth-order valence-corrected chi connectivity index (χ4v) is 4.51. The van der Waals surface area contributed by atoms with Crippen molar-refractivity contribution >= 4 is 34.2 Å². The maximum absolute atomic E-state index is 12.9. The summed E-state index contributed by atoms with van der Waals surface area (Å²) >= 11 is 1.23. The number of hydrogen-bond donors (Lipinski definition) is 2. The summed E-state index contributed by atoms with van der Waals surface area (Å²) in [5.74, 6) is -3.41. The molecule has 29 heavy (non-hydrogen) atoms. The van der Waals surface area contributed by atoms with Crippen LogP contribution in [-0.4, -0.2) is 30.1 Å². The molecule has 2 aromatic rings. The number of carboxylic acids is 1. The molecule has 0 spiro atoms. The van der Waals surface area contributed by atoms with Crippen molar-refractivity contribution in [2.75, 3.05) is 12.4 Å². The second-order valence-corrected chi connectivity index (χ2v) is 8.03. The Labute approximate surface area is 173 Å². The standard InChI is InChI=1S/C22H23NO5S/c1-12-8-9-13(2)16(10-12)17-11-29-20(18(17)22(27)28-3)23-19(24)14-6-4-5-7-15(14)21(25)26/h4-5,8-11,14-15H,6-7H2,1-3H3,(H,23,24)(H,25,26)/t14-,15+/m0/s1. The van der Waals surface area contributed by atoms with Gasteiger partial charge in [-0.25, -0.2) is 4.79 Å². The van der Waals surface area contributed by atoms with Gasteiger partial charge < -0.3 is 15.2 Å². The lowest BCUT2D eigenvalue weighted by atomic mass is 9.82. The van der Waals surface area contributed by atoms with Gasteiger partial charge in [0.05, 0.1) is 18.9 Å². The summed E-state index contributed by atoms with van der Waals surface area (Å²) in [6.07, 6.45) is 4.27. The van der Waals surface area contributed by atoms with Crippen molar-refractivity contribution in [2.24, 2.45) is 11.8 Å². The van der Waals surface area contributed by atoms with Crippen LogP contribution in [0.4, 0.5) is 5.00 Å². The lowest BCUT2D eigenvalue weighted by molar-refractivity contribution is -0.146. The highest BCUT2D eigenvalue weighted by molar-refractivity contribution is 7.15. The van der Waals surface area contributed by atoms with Gasteiger partial charge in [-0.1, -0.05) is 35.9 Å². The average molecular weight is 413 g/mol. The molecule has 7 heteroatoms. The molecule has 0 fully saturated rings. The van der Waals surface area contributed by atoms with Gasteiger partial charge >= 0.3 is 11.9 Å². The zero-order valence-electron chi connectivity index (χ0n) is 16.5. The molecule has 0 aliphatic heterocycles. The Morgan fingerprint density at radius 1 is 1.10 bits per heavy atom. The number of aliphatic carboxylic acids is 1. The van der Waals surface area contributed by atoms with Gasteiger partial charge in [0.2, 0.25) is 5.91 Å². The van der Waals surface area contributed by atoms with Crippen LogP contribution in [0.5, 0.6) is 0 Å². The number of carbonyl (C=O) groups is 3. The number of anilines is 1. The van der Waals surface area contributed by atoms with Gasteiger partial charge in [0.1, 0.15) is 10.6 Å². The molecule has 1 heterocycles. The molecule has 1 amide bonds. The smallest absolute Gasteiger partial charge is 0.341 e. The summed E-state index contributed by atoms with van der Waals surface area (Å²) in [6.45, 7) is 3.93. The molecule has 0 saturated heterocycles. The van der Waals surface area contributed by atoms with Crippen molar-refractivity contribution in [2.45, 2.75) is 26.7 Å². The Bertz CT molecular complexity index is 991. The van der Waals surface area contributed by atoms with Crippen LogP contribution in [-0.2, 0) is 14.3 Å². The zero-order chi connectivity index (χ0) is 21.1. The minimum Gasteiger partial charge on any atom is -0.481 e. The van der Waals surface area contributed by atoms with E-state index in [1.165, 1.54) is 18.4 Å². The third kappa shape index (κ3) is 4.24. The molecule has 0 unspecified atom stereocenters. The Morgan fingerprint density at radius 3 is 2.45 bits per heavy atom. The van der Waals surface area contributed by atoms with Gasteiger partial charge in [-0.2, -0.15) is 0 Å². The first kappa shape index (κ1) is 20.8. The van der Waals surface area contributed by atoms with Crippen LogP contribution < -0.4 is 5.32 Å². The number of amides is 1. The van der Waals surface area contributed by atoms with Crippen molar-refractivity contribution in [3.05, 3.63) is 52.4 Å². The van der Waals surface area contributed by atoms with E-state index < -0.39 is 29.7 Å². The highest BCUT2D eigenvalue weighted by Gasteiger charge is 2.35. The molecule has 1 aromatic heterocycles. The van der Waals surface area contributed by atoms with Crippen LogP contribution in [0.15, 0.2) is 35.7 Å². The zero-order valence-corrected chi connectivity index (χ0v) is 17.3. The minimum atomic E-state index is -0.995. The number of nitrogens with one attached hydrogen (secondary N) is 1. The summed E-state index contributed by atoms with van der Waals surface area (Å²) in [5.41, 5.74) is 3.93. The van der Waals surface area contributed by atoms with Crippen molar-refractivity contribution in [1.29, 1.82) is 0 Å². The van der Waals surface area contributed by atoms with Gasteiger partial charge in [0.25, 0.3) is 0 Å². The monoisotopic (exact) mass is 413 g/mol. The molecule has 152 valence electrons. The van der Waals surface area contributed by atoms with Gasteiger partial charge in [-0.05, 0) is 37.8 Å². The van der Waals surface area contributed by atoms with Crippen molar-refractivity contribution < 1.29 is 24.2 Å². The molecular weight excluding hydrogens is 390 g/mol. The third-order valence-electron chi connectivity index (χ3n) is 5.19. The van der Waals surface area contributed by atoms with E-state index in [0.717, 1.165) is 16.7 Å². The number of rotatable bonds is 5. The molecule has 0 saturated carbocycles. The fourth-order valence-electron chi connectivity index (χ4n) is 3.56. The number of esters is 1. The van der Waals surface area contributed by atoms with Crippen molar-refractivity contribution in [3.63, 3.8) is 0 Å². The first-order chi connectivity index (χ1) is 13.8. The number of thiophene rings is 1. The van der Waals surface area contributed by atoms with E-state index in [0.29, 0.717) is 23.4 Å². The van der Waals surface area contributed by atoms with Crippen LogP contribution in [0.25, 0.3) is 11.1 Å². The summed E-state index contributed by atoms with van der Waals surface area (Å²) < 4.78 is 4.97. The Morgan fingerprint density at radius 2 is 1.79 bits per heavy atom. The van der Waals surface area contributed by atoms with E-state index in [2.05, 4.69) is 5.32 Å². The maximum Gasteiger partial charge on any atom is 0.341 e. The van der Waals surface area contributed by atoms with E-state index in [4.69, 9.17) is 4.74 Å². The second-order valence-electron chi connectivity index (χ2n) is 7.15. The normalized spacial score (nSPS) is 18.3. The Hall–Kier alpha value is -2.93. The van der Waals surface area contributed by atoms with E-state index in [-0.39, 0.29) is 5.56 Å². The number of aryl methyl sites for hydroxylation is 2. The molecule has 6 nitrogen and oxygen atoms in total. The largest absolute Gasteiger partial charge is 0.481 e. The Kier molecular flexibility index (Phi) is 6.17. The van der Waals surface area contributed by atoms with Gasteiger partial charge in [-0.15, -0.1) is 11.3 Å². The quantitative estimate of drug-likeness (QED) is 0.559.